The minimum atomic E-state index is -0.805. The maximum atomic E-state index is 12.6. The number of rotatable bonds is 66. The zero-order valence-electron chi connectivity index (χ0n) is 51.3. The van der Waals surface area contributed by atoms with E-state index in [1.54, 1.807) is 0 Å². The van der Waals surface area contributed by atoms with E-state index in [0.717, 1.165) is 44.9 Å². The average Bonchev–Trinajstić information content (AvgIpc) is 3.39. The number of aliphatic hydroxyl groups is 1. The molecule has 0 aliphatic rings. The van der Waals surface area contributed by atoms with Gasteiger partial charge >= 0.3 is 5.97 Å². The molecule has 2 N–H and O–H groups in total. The molecule has 74 heavy (non-hydrogen) atoms. The summed E-state index contributed by atoms with van der Waals surface area (Å²) in [7, 11) is 0. The summed E-state index contributed by atoms with van der Waals surface area (Å²) in [4.78, 5) is 24.5. The van der Waals surface area contributed by atoms with Crippen molar-refractivity contribution in [2.45, 2.75) is 425 Å². The van der Waals surface area contributed by atoms with Gasteiger partial charge in [-0.3, -0.25) is 9.59 Å². The lowest BCUT2D eigenvalue weighted by Crippen LogP contribution is -2.28. The van der Waals surface area contributed by atoms with Crippen molar-refractivity contribution in [3.05, 3.63) is 0 Å². The summed E-state index contributed by atoms with van der Waals surface area (Å²) in [5.74, 6) is -0.587. The molecule has 0 aromatic heterocycles. The van der Waals surface area contributed by atoms with E-state index in [9.17, 15) is 19.8 Å². The van der Waals surface area contributed by atoms with Gasteiger partial charge in [0.2, 0.25) is 0 Å². The molecule has 0 bridgehead atoms. The minimum absolute atomic E-state index is 0.278. The number of unbranched alkanes of at least 4 members (excludes halogenated alkanes) is 55. The van der Waals surface area contributed by atoms with E-state index in [0.29, 0.717) is 18.6 Å². The van der Waals surface area contributed by atoms with Crippen LogP contribution in [0.25, 0.3) is 0 Å². The Labute approximate surface area is 466 Å². The molecule has 0 aliphatic heterocycles. The molecular formula is C70H138O4. The fraction of sp³-hybridized carbons (Fsp3) is 0.971. The van der Waals surface area contributed by atoms with Crippen LogP contribution >= 0.6 is 0 Å². The predicted octanol–water partition coefficient (Wildman–Crippen LogP) is 24.5. The Morgan fingerprint density at radius 1 is 0.270 bits per heavy atom. The highest BCUT2D eigenvalue weighted by Crippen LogP contribution is 2.23. The molecule has 0 amide bonds. The molecule has 0 aliphatic carbocycles. The summed E-state index contributed by atoms with van der Waals surface area (Å²) in [6, 6.07) is 0. The highest BCUT2D eigenvalue weighted by Gasteiger charge is 2.25. The van der Waals surface area contributed by atoms with Crippen LogP contribution < -0.4 is 0 Å². The second kappa shape index (κ2) is 62.9. The van der Waals surface area contributed by atoms with Gasteiger partial charge in [-0.15, -0.1) is 0 Å². The summed E-state index contributed by atoms with van der Waals surface area (Å²) >= 11 is 0. The number of hydrogen-bond acceptors (Lipinski definition) is 3. The van der Waals surface area contributed by atoms with Crippen molar-refractivity contribution in [3.8, 4) is 0 Å². The van der Waals surface area contributed by atoms with Crippen molar-refractivity contribution >= 4 is 11.8 Å². The van der Waals surface area contributed by atoms with E-state index in [1.165, 1.54) is 340 Å². The van der Waals surface area contributed by atoms with Gasteiger partial charge in [-0.1, -0.05) is 387 Å². The minimum Gasteiger partial charge on any atom is -0.481 e. The molecule has 0 aromatic carbocycles. The summed E-state index contributed by atoms with van der Waals surface area (Å²) in [6.45, 7) is 6.77. The Morgan fingerprint density at radius 3 is 0.689 bits per heavy atom. The van der Waals surface area contributed by atoms with Gasteiger partial charge in [0, 0.05) is 12.3 Å². The predicted molar refractivity (Wildman–Crippen MR) is 329 cm³/mol. The fourth-order valence-electron chi connectivity index (χ4n) is 11.9. The number of ketones is 1. The van der Waals surface area contributed by atoms with Crippen molar-refractivity contribution in [2.75, 3.05) is 0 Å². The number of aliphatic hydroxyl groups excluding tert-OH is 1. The number of carboxylic acids is 1. The van der Waals surface area contributed by atoms with E-state index in [4.69, 9.17) is 0 Å². The Balaban J connectivity index is 3.38. The van der Waals surface area contributed by atoms with Crippen LogP contribution in [0.3, 0.4) is 0 Å². The second-order valence-electron chi connectivity index (χ2n) is 24.8. The third-order valence-electron chi connectivity index (χ3n) is 17.4. The van der Waals surface area contributed by atoms with Gasteiger partial charge in [0.1, 0.15) is 5.78 Å². The van der Waals surface area contributed by atoms with Gasteiger partial charge in [-0.2, -0.15) is 0 Å². The Morgan fingerprint density at radius 2 is 0.459 bits per heavy atom. The summed E-state index contributed by atoms with van der Waals surface area (Å²) in [5.41, 5.74) is 0. The van der Waals surface area contributed by atoms with Gasteiger partial charge in [-0.25, -0.2) is 0 Å². The average molecular weight is 1040 g/mol. The normalized spacial score (nSPS) is 13.0. The quantitative estimate of drug-likeness (QED) is 0.0595. The third kappa shape index (κ3) is 57.3. The van der Waals surface area contributed by atoms with Gasteiger partial charge in [0.15, 0.2) is 0 Å². The molecule has 3 unspecified atom stereocenters. The summed E-state index contributed by atoms with van der Waals surface area (Å²) in [6.07, 6.45) is 81.2. The molecule has 0 saturated carbocycles. The van der Waals surface area contributed by atoms with Crippen molar-refractivity contribution in [2.24, 2.45) is 11.8 Å². The van der Waals surface area contributed by atoms with E-state index < -0.39 is 18.0 Å². The number of carbonyl (C=O) groups excluding carboxylic acids is 1. The second-order valence-corrected chi connectivity index (χ2v) is 24.8. The van der Waals surface area contributed by atoms with Crippen LogP contribution in [0.1, 0.15) is 419 Å². The molecular weight excluding hydrogens is 905 g/mol. The SMILES string of the molecule is CCCCCCCCCCCCCCCCCCCCC(C(=O)O)C(O)CCCCCCCCCCCCCCCCCCCCCCCCCCCCC(=O)C(C)CCCCCCCCCCCCCCCC. The maximum absolute atomic E-state index is 12.6. The van der Waals surface area contributed by atoms with E-state index in [1.807, 2.05) is 0 Å². The third-order valence-corrected chi connectivity index (χ3v) is 17.4. The maximum Gasteiger partial charge on any atom is 0.309 e. The number of carboxylic acid groups (broad SMARTS) is 1. The fourth-order valence-corrected chi connectivity index (χ4v) is 11.9. The highest BCUT2D eigenvalue weighted by molar-refractivity contribution is 5.80. The first-order valence-corrected chi connectivity index (χ1v) is 34.9. The number of aliphatic carboxylic acids is 1. The molecule has 4 nitrogen and oxygen atoms in total. The van der Waals surface area contributed by atoms with Crippen molar-refractivity contribution < 1.29 is 19.8 Å². The van der Waals surface area contributed by atoms with Crippen LogP contribution in [0, 0.1) is 11.8 Å². The molecule has 0 aromatic rings. The van der Waals surface area contributed by atoms with Crippen molar-refractivity contribution in [1.29, 1.82) is 0 Å². The van der Waals surface area contributed by atoms with Gasteiger partial charge < -0.3 is 10.2 Å². The Hall–Kier alpha value is -0.900. The Bertz CT molecular complexity index is 1070. The molecule has 3 atom stereocenters. The van der Waals surface area contributed by atoms with Crippen LogP contribution in [0.4, 0.5) is 0 Å². The largest absolute Gasteiger partial charge is 0.481 e. The summed E-state index contributed by atoms with van der Waals surface area (Å²) < 4.78 is 0. The van der Waals surface area contributed by atoms with Gasteiger partial charge in [0.05, 0.1) is 12.0 Å². The van der Waals surface area contributed by atoms with Crippen molar-refractivity contribution in [1.82, 2.24) is 0 Å². The lowest BCUT2D eigenvalue weighted by atomic mass is 9.91. The molecule has 0 spiro atoms. The van der Waals surface area contributed by atoms with Gasteiger partial charge in [0.25, 0.3) is 0 Å². The van der Waals surface area contributed by atoms with E-state index in [2.05, 4.69) is 20.8 Å². The smallest absolute Gasteiger partial charge is 0.309 e. The first kappa shape index (κ1) is 73.1. The molecule has 4 heteroatoms. The van der Waals surface area contributed by atoms with E-state index in [-0.39, 0.29) is 5.92 Å². The molecule has 0 radical (unpaired) electrons. The lowest BCUT2D eigenvalue weighted by Gasteiger charge is -2.19. The molecule has 0 saturated heterocycles. The van der Waals surface area contributed by atoms with Crippen LogP contribution in [-0.2, 0) is 9.59 Å². The standard InChI is InChI=1S/C70H138O4/c1-4-6-8-10-12-14-16-18-20-21-32-35-39-43-47-51-55-59-63-67(70(73)74)69(72)65-61-57-53-49-45-41-37-34-31-29-27-25-23-22-24-26-28-30-33-36-40-44-48-52-56-60-64-68(71)66(3)62-58-54-50-46-42-38-19-17-15-13-11-9-7-5-2/h66-67,69,72H,4-65H2,1-3H3,(H,73,74). The van der Waals surface area contributed by atoms with Gasteiger partial charge in [-0.05, 0) is 25.7 Å². The molecule has 0 heterocycles. The zero-order valence-corrected chi connectivity index (χ0v) is 51.3. The topological polar surface area (TPSA) is 74.6 Å². The molecule has 0 fully saturated rings. The first-order valence-electron chi connectivity index (χ1n) is 34.9. The monoisotopic (exact) mass is 1040 g/mol. The van der Waals surface area contributed by atoms with E-state index >= 15 is 0 Å². The van der Waals surface area contributed by atoms with Crippen LogP contribution in [0.5, 0.6) is 0 Å². The molecule has 0 rings (SSSR count). The number of carbonyl (C=O) groups is 2. The highest BCUT2D eigenvalue weighted by atomic mass is 16.4. The van der Waals surface area contributed by atoms with Crippen LogP contribution in [0.2, 0.25) is 0 Å². The van der Waals surface area contributed by atoms with Crippen LogP contribution in [0.15, 0.2) is 0 Å². The summed E-state index contributed by atoms with van der Waals surface area (Å²) in [5, 5.41) is 20.5. The first-order chi connectivity index (χ1) is 36.4. The van der Waals surface area contributed by atoms with Crippen molar-refractivity contribution in [3.63, 3.8) is 0 Å². The molecule has 442 valence electrons. The zero-order chi connectivity index (χ0) is 53.7. The Kier molecular flexibility index (Phi) is 62.2. The van der Waals surface area contributed by atoms with Crippen LogP contribution in [-0.4, -0.2) is 28.1 Å². The lowest BCUT2D eigenvalue weighted by molar-refractivity contribution is -0.146. The number of hydrogen-bond donors (Lipinski definition) is 2. The number of Topliss-reactive ketones (excluding diaryl/α,β-unsaturated/α-hetero) is 1.